The zero-order valence-electron chi connectivity index (χ0n) is 29.9. The zero-order valence-corrected chi connectivity index (χ0v) is 32.5. The third-order valence-electron chi connectivity index (χ3n) is 8.68. The highest BCUT2D eigenvalue weighted by atomic mass is 32.2. The second kappa shape index (κ2) is 22.8. The molecule has 15 nitrogen and oxygen atoms in total. The minimum atomic E-state index is -1.29. The molecule has 0 aliphatic carbocycles. The number of nitrogens with two attached hydrogens (primary N) is 1. The van der Waals surface area contributed by atoms with Crippen LogP contribution >= 0.6 is 37.0 Å². The summed E-state index contributed by atoms with van der Waals surface area (Å²) in [6.45, 7) is -0.316. The van der Waals surface area contributed by atoms with Crippen LogP contribution in [0, 0.1) is 0 Å². The summed E-state index contributed by atoms with van der Waals surface area (Å²) in [5, 5.41) is 22.3. The van der Waals surface area contributed by atoms with Gasteiger partial charge in [-0.3, -0.25) is 28.8 Å². The van der Waals surface area contributed by atoms with Crippen molar-refractivity contribution in [1.82, 2.24) is 31.5 Å². The van der Waals surface area contributed by atoms with Crippen molar-refractivity contribution in [1.29, 1.82) is 0 Å². The Bertz CT molecular complexity index is 1590. The molecule has 1 heterocycles. The topological polar surface area (TPSA) is 229 Å². The fourth-order valence-corrected chi connectivity index (χ4v) is 6.71. The number of rotatable bonds is 21. The van der Waals surface area contributed by atoms with Gasteiger partial charge in [-0.1, -0.05) is 60.7 Å². The quantitative estimate of drug-likeness (QED) is 0.0739. The van der Waals surface area contributed by atoms with E-state index in [1.165, 1.54) is 4.90 Å². The van der Waals surface area contributed by atoms with Gasteiger partial charge in [-0.05, 0) is 42.4 Å². The number of amides is 6. The molecular formula is C36H49N7O8S3. The minimum absolute atomic E-state index is 0.0553. The Labute approximate surface area is 329 Å². The molecule has 0 aromatic heterocycles. The first kappa shape index (κ1) is 44.1. The van der Waals surface area contributed by atoms with E-state index in [-0.39, 0.29) is 37.3 Å². The number of carboxylic acids is 1. The van der Waals surface area contributed by atoms with Gasteiger partial charge in [0.1, 0.15) is 30.2 Å². The smallest absolute Gasteiger partial charge is 0.327 e. The monoisotopic (exact) mass is 803 g/mol. The van der Waals surface area contributed by atoms with Crippen LogP contribution in [-0.2, 0) is 46.4 Å². The number of carbonyl (C=O) groups excluding carboxylic acids is 6. The van der Waals surface area contributed by atoms with E-state index in [1.54, 1.807) is 66.4 Å². The Kier molecular flexibility index (Phi) is 18.7. The van der Waals surface area contributed by atoms with Crippen LogP contribution in [-0.4, -0.2) is 124 Å². The molecule has 8 N–H and O–H groups in total. The molecule has 6 atom stereocenters. The molecule has 0 spiro atoms. The number of benzene rings is 2. The first-order valence-electron chi connectivity index (χ1n) is 17.4. The van der Waals surface area contributed by atoms with Gasteiger partial charge in [0.25, 0.3) is 0 Å². The summed E-state index contributed by atoms with van der Waals surface area (Å²) in [6, 6.07) is 11.4. The maximum atomic E-state index is 13.7. The number of aliphatic carboxylic acids is 1. The predicted octanol–water partition coefficient (Wildman–Crippen LogP) is -0.457. The molecular weight excluding hydrogens is 755 g/mol. The van der Waals surface area contributed by atoms with Gasteiger partial charge in [-0.25, -0.2) is 4.79 Å². The Hall–Kier alpha value is -4.26. The van der Waals surface area contributed by atoms with Gasteiger partial charge in [0.05, 0.1) is 12.6 Å². The number of likely N-dealkylation sites (tertiary alicyclic amines) is 1. The molecule has 1 fully saturated rings. The molecule has 0 saturated carbocycles. The van der Waals surface area contributed by atoms with Crippen molar-refractivity contribution >= 4 is 78.4 Å². The number of nitrogens with one attached hydrogen (secondary N) is 5. The van der Waals surface area contributed by atoms with E-state index in [9.17, 15) is 38.7 Å². The van der Waals surface area contributed by atoms with Gasteiger partial charge in [0.15, 0.2) is 0 Å². The minimum Gasteiger partial charge on any atom is -0.480 e. The lowest BCUT2D eigenvalue weighted by molar-refractivity contribution is -0.143. The average Bonchev–Trinajstić information content (AvgIpc) is 3.67. The number of nitrogens with zero attached hydrogens (tertiary/aromatic N) is 1. The molecule has 54 heavy (non-hydrogen) atoms. The molecule has 0 bridgehead atoms. The summed E-state index contributed by atoms with van der Waals surface area (Å²) in [5.41, 5.74) is 7.51. The van der Waals surface area contributed by atoms with E-state index >= 15 is 0 Å². The van der Waals surface area contributed by atoms with E-state index in [4.69, 9.17) is 5.73 Å². The van der Waals surface area contributed by atoms with Crippen LogP contribution in [0.25, 0.3) is 0 Å². The first-order chi connectivity index (χ1) is 25.9. The predicted molar refractivity (Wildman–Crippen MR) is 212 cm³/mol. The van der Waals surface area contributed by atoms with Gasteiger partial charge >= 0.3 is 5.97 Å². The van der Waals surface area contributed by atoms with Crippen LogP contribution < -0.4 is 32.3 Å². The standard InChI is InChI=1S/C36H49N7O8S3/c1-54-16-14-24(37)31(45)40-25(17-22-9-4-2-5-10-22)32(46)38-19-30(44)39-27(20-52)35(49)43-15-8-13-29(43)34(48)41-26(18-23-11-6-3-7-12-23)33(47)42-28(21-53)36(50)51/h2-7,9-12,24-29,52-53H,8,13-21,37H2,1H3,(H,38,46)(H,39,44)(H,40,45)(H,41,48)(H,42,47)(H,50,51)/t24-,25-,26-,27-,28-,29-/m0/s1. The lowest BCUT2D eigenvalue weighted by Crippen LogP contribution is -2.58. The SMILES string of the molecule is CSCC[C@H](N)C(=O)N[C@@H](Cc1ccccc1)C(=O)NCC(=O)N[C@@H](CS)C(=O)N1CCC[C@H]1C(=O)N[C@@H](Cc1ccccc1)C(=O)N[C@@H](CS)C(=O)O. The van der Waals surface area contributed by atoms with E-state index in [2.05, 4.69) is 51.8 Å². The lowest BCUT2D eigenvalue weighted by Gasteiger charge is -2.29. The summed E-state index contributed by atoms with van der Waals surface area (Å²) in [6.07, 6.45) is 3.27. The number of carbonyl (C=O) groups is 7. The van der Waals surface area contributed by atoms with E-state index < -0.39 is 84.2 Å². The van der Waals surface area contributed by atoms with Gasteiger partial charge in [0.2, 0.25) is 35.4 Å². The Morgan fingerprint density at radius 3 is 1.89 bits per heavy atom. The van der Waals surface area contributed by atoms with Crippen LogP contribution in [0.1, 0.15) is 30.4 Å². The van der Waals surface area contributed by atoms with Crippen molar-refractivity contribution in [2.75, 3.05) is 36.6 Å². The van der Waals surface area contributed by atoms with E-state index in [0.29, 0.717) is 24.2 Å². The molecule has 1 saturated heterocycles. The lowest BCUT2D eigenvalue weighted by atomic mass is 10.0. The first-order valence-corrected chi connectivity index (χ1v) is 20.1. The van der Waals surface area contributed by atoms with Gasteiger partial charge in [-0.2, -0.15) is 37.0 Å². The van der Waals surface area contributed by atoms with Crippen LogP contribution in [0.5, 0.6) is 0 Å². The van der Waals surface area contributed by atoms with Gasteiger partial charge in [-0.15, -0.1) is 0 Å². The van der Waals surface area contributed by atoms with E-state index in [1.807, 2.05) is 12.3 Å². The molecule has 0 unspecified atom stereocenters. The molecule has 6 amide bonds. The van der Waals surface area contributed by atoms with Crippen LogP contribution in [0.4, 0.5) is 0 Å². The van der Waals surface area contributed by atoms with Crippen molar-refractivity contribution in [3.05, 3.63) is 71.8 Å². The van der Waals surface area contributed by atoms with Gasteiger partial charge < -0.3 is 42.3 Å². The fraction of sp³-hybridized carbons (Fsp3) is 0.472. The van der Waals surface area contributed by atoms with Crippen molar-refractivity contribution in [2.24, 2.45) is 5.73 Å². The normalized spacial score (nSPS) is 16.5. The maximum absolute atomic E-state index is 13.7. The van der Waals surface area contributed by atoms with Crippen LogP contribution in [0.15, 0.2) is 60.7 Å². The second-order valence-corrected chi connectivity index (χ2v) is 14.4. The molecule has 1 aliphatic rings. The van der Waals surface area contributed by atoms with Gasteiger partial charge in [0, 0.05) is 30.9 Å². The maximum Gasteiger partial charge on any atom is 0.327 e. The number of hydrogen-bond acceptors (Lipinski definition) is 11. The fourth-order valence-electron chi connectivity index (χ4n) is 5.72. The van der Waals surface area contributed by atoms with Crippen molar-refractivity contribution in [3.63, 3.8) is 0 Å². The summed E-state index contributed by atoms with van der Waals surface area (Å²) in [5.74, 6) is -4.66. The van der Waals surface area contributed by atoms with Crippen LogP contribution in [0.3, 0.4) is 0 Å². The highest BCUT2D eigenvalue weighted by molar-refractivity contribution is 7.98. The van der Waals surface area contributed by atoms with Crippen molar-refractivity contribution in [3.8, 4) is 0 Å². The van der Waals surface area contributed by atoms with Crippen LogP contribution in [0.2, 0.25) is 0 Å². The number of hydrogen-bond donors (Lipinski definition) is 9. The third kappa shape index (κ3) is 13.9. The highest BCUT2D eigenvalue weighted by Crippen LogP contribution is 2.20. The Balaban J connectivity index is 1.65. The molecule has 3 rings (SSSR count). The number of thiol groups is 2. The molecule has 0 radical (unpaired) electrons. The molecule has 1 aliphatic heterocycles. The second-order valence-electron chi connectivity index (χ2n) is 12.7. The third-order valence-corrected chi connectivity index (χ3v) is 10.1. The Morgan fingerprint density at radius 2 is 1.35 bits per heavy atom. The highest BCUT2D eigenvalue weighted by Gasteiger charge is 2.39. The number of thioether (sulfide) groups is 1. The molecule has 2 aromatic carbocycles. The van der Waals surface area contributed by atoms with Crippen molar-refractivity contribution < 1.29 is 38.7 Å². The zero-order chi connectivity index (χ0) is 39.6. The largest absolute Gasteiger partial charge is 0.480 e. The summed E-state index contributed by atoms with van der Waals surface area (Å²) < 4.78 is 0. The molecule has 2 aromatic rings. The summed E-state index contributed by atoms with van der Waals surface area (Å²) in [7, 11) is 0. The summed E-state index contributed by atoms with van der Waals surface area (Å²) >= 11 is 9.80. The van der Waals surface area contributed by atoms with E-state index in [0.717, 1.165) is 5.56 Å². The van der Waals surface area contributed by atoms with Crippen molar-refractivity contribution in [2.45, 2.75) is 68.4 Å². The Morgan fingerprint density at radius 1 is 0.796 bits per heavy atom. The summed E-state index contributed by atoms with van der Waals surface area (Å²) in [4.78, 5) is 92.4. The number of carboxylic acid groups (broad SMARTS) is 1. The molecule has 294 valence electrons. The molecule has 18 heteroatoms. The average molecular weight is 804 g/mol.